The van der Waals surface area contributed by atoms with E-state index in [0.29, 0.717) is 6.54 Å². The number of aryl methyl sites for hydroxylation is 1. The second kappa shape index (κ2) is 4.28. The molecule has 0 radical (unpaired) electrons. The fourth-order valence-corrected chi connectivity index (χ4v) is 1.58. The average molecular weight is 201 g/mol. The maximum absolute atomic E-state index is 5.69. The Morgan fingerprint density at radius 3 is 2.80 bits per heavy atom. The summed E-state index contributed by atoms with van der Waals surface area (Å²) in [6.45, 7) is 2.66. The van der Waals surface area contributed by atoms with Gasteiger partial charge in [0.25, 0.3) is 0 Å². The molecule has 1 aromatic carbocycles. The van der Waals surface area contributed by atoms with Gasteiger partial charge in [-0.3, -0.25) is 0 Å². The zero-order valence-corrected chi connectivity index (χ0v) is 8.85. The topological polar surface area (TPSA) is 43.8 Å². The molecule has 0 saturated carbocycles. The average Bonchev–Trinajstić information content (AvgIpc) is 2.77. The third-order valence-corrected chi connectivity index (χ3v) is 2.50. The van der Waals surface area contributed by atoms with Gasteiger partial charge in [0, 0.05) is 12.7 Å². The van der Waals surface area contributed by atoms with Crippen molar-refractivity contribution < 1.29 is 0 Å². The number of benzene rings is 1. The lowest BCUT2D eigenvalue weighted by Crippen LogP contribution is -2.04. The second-order valence-corrected chi connectivity index (χ2v) is 3.48. The van der Waals surface area contributed by atoms with E-state index in [-0.39, 0.29) is 0 Å². The molecule has 0 fully saturated rings. The van der Waals surface area contributed by atoms with Gasteiger partial charge in [-0.1, -0.05) is 25.1 Å². The van der Waals surface area contributed by atoms with Crippen molar-refractivity contribution in [2.45, 2.75) is 19.9 Å². The van der Waals surface area contributed by atoms with E-state index >= 15 is 0 Å². The minimum absolute atomic E-state index is 0.539. The summed E-state index contributed by atoms with van der Waals surface area (Å²) in [5, 5.41) is 4.33. The van der Waals surface area contributed by atoms with E-state index in [1.807, 2.05) is 35.1 Å². The molecule has 0 aliphatic carbocycles. The maximum atomic E-state index is 5.69. The van der Waals surface area contributed by atoms with E-state index in [4.69, 9.17) is 5.73 Å². The van der Waals surface area contributed by atoms with Crippen molar-refractivity contribution in [2.24, 2.45) is 5.73 Å². The van der Waals surface area contributed by atoms with Gasteiger partial charge in [-0.25, -0.2) is 4.68 Å². The SMILES string of the molecule is CCc1cnn(-c2ccccc2CN)c1. The van der Waals surface area contributed by atoms with Crippen molar-refractivity contribution in [3.8, 4) is 5.69 Å². The first-order valence-electron chi connectivity index (χ1n) is 5.17. The fraction of sp³-hybridized carbons (Fsp3) is 0.250. The highest BCUT2D eigenvalue weighted by Crippen LogP contribution is 2.13. The number of hydrogen-bond donors (Lipinski definition) is 1. The second-order valence-electron chi connectivity index (χ2n) is 3.48. The Hall–Kier alpha value is -1.61. The van der Waals surface area contributed by atoms with Crippen LogP contribution in [0.1, 0.15) is 18.1 Å². The molecular weight excluding hydrogens is 186 g/mol. The molecule has 78 valence electrons. The highest BCUT2D eigenvalue weighted by atomic mass is 15.3. The first-order valence-corrected chi connectivity index (χ1v) is 5.17. The summed E-state index contributed by atoms with van der Waals surface area (Å²) in [6, 6.07) is 8.06. The first-order chi connectivity index (χ1) is 7.35. The van der Waals surface area contributed by atoms with Gasteiger partial charge in [-0.15, -0.1) is 0 Å². The Kier molecular flexibility index (Phi) is 2.83. The Balaban J connectivity index is 2.44. The lowest BCUT2D eigenvalue weighted by Gasteiger charge is -2.06. The highest BCUT2D eigenvalue weighted by molar-refractivity contribution is 5.40. The molecule has 2 aromatic rings. The summed E-state index contributed by atoms with van der Waals surface area (Å²) in [5.41, 5.74) is 9.11. The number of aromatic nitrogens is 2. The van der Waals surface area contributed by atoms with Gasteiger partial charge in [-0.2, -0.15) is 5.10 Å². The highest BCUT2D eigenvalue weighted by Gasteiger charge is 2.03. The van der Waals surface area contributed by atoms with E-state index in [2.05, 4.69) is 18.2 Å². The number of hydrogen-bond acceptors (Lipinski definition) is 2. The molecule has 2 N–H and O–H groups in total. The molecule has 0 spiro atoms. The molecule has 0 aliphatic rings. The Morgan fingerprint density at radius 2 is 2.13 bits per heavy atom. The van der Waals surface area contributed by atoms with Gasteiger partial charge in [0.15, 0.2) is 0 Å². The van der Waals surface area contributed by atoms with Crippen molar-refractivity contribution in [3.05, 3.63) is 47.8 Å². The van der Waals surface area contributed by atoms with Gasteiger partial charge in [-0.05, 0) is 23.6 Å². The normalized spacial score (nSPS) is 10.5. The zero-order valence-electron chi connectivity index (χ0n) is 8.85. The Bertz CT molecular complexity index is 446. The standard InChI is InChI=1S/C12H15N3/c1-2-10-8-14-15(9-10)12-6-4-3-5-11(12)7-13/h3-6,8-9H,2,7,13H2,1H3. The van der Waals surface area contributed by atoms with Crippen LogP contribution >= 0.6 is 0 Å². The predicted octanol–water partition coefficient (Wildman–Crippen LogP) is 1.89. The lowest BCUT2D eigenvalue weighted by molar-refractivity contribution is 0.858. The smallest absolute Gasteiger partial charge is 0.0690 e. The largest absolute Gasteiger partial charge is 0.326 e. The molecule has 0 bridgehead atoms. The summed E-state index contributed by atoms with van der Waals surface area (Å²) in [4.78, 5) is 0. The monoisotopic (exact) mass is 201 g/mol. The van der Waals surface area contributed by atoms with Crippen molar-refractivity contribution in [3.63, 3.8) is 0 Å². The fourth-order valence-electron chi connectivity index (χ4n) is 1.58. The molecule has 0 aliphatic heterocycles. The van der Waals surface area contributed by atoms with Crippen molar-refractivity contribution in [1.29, 1.82) is 0 Å². The molecule has 3 heteroatoms. The van der Waals surface area contributed by atoms with E-state index < -0.39 is 0 Å². The Morgan fingerprint density at radius 1 is 1.33 bits per heavy atom. The predicted molar refractivity (Wildman–Crippen MR) is 60.8 cm³/mol. The molecule has 15 heavy (non-hydrogen) atoms. The van der Waals surface area contributed by atoms with Gasteiger partial charge < -0.3 is 5.73 Å². The summed E-state index contributed by atoms with van der Waals surface area (Å²) in [6.07, 6.45) is 4.95. The lowest BCUT2D eigenvalue weighted by atomic mass is 10.2. The molecule has 1 aromatic heterocycles. The molecule has 3 nitrogen and oxygen atoms in total. The van der Waals surface area contributed by atoms with Crippen LogP contribution < -0.4 is 5.73 Å². The van der Waals surface area contributed by atoms with Crippen LogP contribution in [0.15, 0.2) is 36.7 Å². The van der Waals surface area contributed by atoms with Crippen LogP contribution in [0.5, 0.6) is 0 Å². The van der Waals surface area contributed by atoms with E-state index in [1.165, 1.54) is 5.56 Å². The van der Waals surface area contributed by atoms with Crippen molar-refractivity contribution >= 4 is 0 Å². The quantitative estimate of drug-likeness (QED) is 0.824. The van der Waals surface area contributed by atoms with Gasteiger partial charge in [0.2, 0.25) is 0 Å². The zero-order chi connectivity index (χ0) is 10.7. The van der Waals surface area contributed by atoms with Gasteiger partial charge >= 0.3 is 0 Å². The first kappa shape index (κ1) is 9.93. The van der Waals surface area contributed by atoms with Crippen molar-refractivity contribution in [2.75, 3.05) is 0 Å². The number of rotatable bonds is 3. The summed E-state index contributed by atoms with van der Waals surface area (Å²) >= 11 is 0. The molecule has 2 rings (SSSR count). The van der Waals surface area contributed by atoms with Crippen LogP contribution in [0, 0.1) is 0 Å². The minimum atomic E-state index is 0.539. The van der Waals surface area contributed by atoms with Crippen LogP contribution in [0.3, 0.4) is 0 Å². The molecule has 0 amide bonds. The summed E-state index contributed by atoms with van der Waals surface area (Å²) < 4.78 is 1.89. The molecular formula is C12H15N3. The van der Waals surface area contributed by atoms with Crippen LogP contribution in [-0.4, -0.2) is 9.78 Å². The van der Waals surface area contributed by atoms with E-state index in [0.717, 1.165) is 17.7 Å². The van der Waals surface area contributed by atoms with Crippen LogP contribution in [0.25, 0.3) is 5.69 Å². The van der Waals surface area contributed by atoms with Crippen LogP contribution in [0.4, 0.5) is 0 Å². The third-order valence-electron chi connectivity index (χ3n) is 2.50. The van der Waals surface area contributed by atoms with Gasteiger partial charge in [0.05, 0.1) is 11.9 Å². The summed E-state index contributed by atoms with van der Waals surface area (Å²) in [5.74, 6) is 0. The van der Waals surface area contributed by atoms with Crippen LogP contribution in [-0.2, 0) is 13.0 Å². The number of nitrogens with zero attached hydrogens (tertiary/aromatic N) is 2. The number of nitrogens with two attached hydrogens (primary N) is 1. The van der Waals surface area contributed by atoms with Gasteiger partial charge in [0.1, 0.15) is 0 Å². The molecule has 0 atom stereocenters. The van der Waals surface area contributed by atoms with Crippen LogP contribution in [0.2, 0.25) is 0 Å². The Labute approximate surface area is 89.5 Å². The third kappa shape index (κ3) is 1.92. The summed E-state index contributed by atoms with van der Waals surface area (Å²) in [7, 11) is 0. The van der Waals surface area contributed by atoms with Crippen molar-refractivity contribution in [1.82, 2.24) is 9.78 Å². The molecule has 1 heterocycles. The molecule has 0 unspecified atom stereocenters. The minimum Gasteiger partial charge on any atom is -0.326 e. The molecule has 0 saturated heterocycles. The number of para-hydroxylation sites is 1. The van der Waals surface area contributed by atoms with E-state index in [1.54, 1.807) is 0 Å². The van der Waals surface area contributed by atoms with E-state index in [9.17, 15) is 0 Å². The maximum Gasteiger partial charge on any atom is 0.0690 e.